The van der Waals surface area contributed by atoms with Crippen LogP contribution in [-0.2, 0) is 20.1 Å². The van der Waals surface area contributed by atoms with Crippen LogP contribution in [0.1, 0.15) is 28.6 Å². The minimum absolute atomic E-state index is 0.513. The average Bonchev–Trinajstić information content (AvgIpc) is 3.22. The van der Waals surface area contributed by atoms with Crippen LogP contribution in [0.3, 0.4) is 0 Å². The summed E-state index contributed by atoms with van der Waals surface area (Å²) in [5.74, 6) is 2.41. The van der Waals surface area contributed by atoms with Gasteiger partial charge in [-0.1, -0.05) is 24.3 Å². The maximum absolute atomic E-state index is 4.75. The Bertz CT molecular complexity index is 1010. The second kappa shape index (κ2) is 9.18. The van der Waals surface area contributed by atoms with Crippen molar-refractivity contribution in [1.82, 2.24) is 35.2 Å². The molecule has 0 saturated heterocycles. The van der Waals surface area contributed by atoms with Gasteiger partial charge in [-0.2, -0.15) is 5.10 Å². The second-order valence-corrected chi connectivity index (χ2v) is 6.88. The molecule has 8 nitrogen and oxygen atoms in total. The van der Waals surface area contributed by atoms with Gasteiger partial charge in [-0.3, -0.25) is 0 Å². The van der Waals surface area contributed by atoms with E-state index in [0.717, 1.165) is 34.3 Å². The maximum atomic E-state index is 4.75. The van der Waals surface area contributed by atoms with Crippen LogP contribution in [-0.4, -0.2) is 37.0 Å². The number of nitrogens with one attached hydrogen (secondary N) is 2. The Morgan fingerprint density at radius 3 is 2.62 bits per heavy atom. The number of aromatic nitrogens is 5. The minimum atomic E-state index is 0.513. The zero-order valence-electron chi connectivity index (χ0n) is 17.5. The van der Waals surface area contributed by atoms with Crippen molar-refractivity contribution in [3.63, 3.8) is 0 Å². The van der Waals surface area contributed by atoms with Gasteiger partial charge in [-0.25, -0.2) is 9.67 Å². The molecule has 0 radical (unpaired) electrons. The zero-order chi connectivity index (χ0) is 20.8. The lowest BCUT2D eigenvalue weighted by Gasteiger charge is -2.13. The molecule has 0 aliphatic rings. The monoisotopic (exact) mass is 392 g/mol. The third-order valence-electron chi connectivity index (χ3n) is 4.65. The molecule has 29 heavy (non-hydrogen) atoms. The number of aryl methyl sites for hydroxylation is 3. The predicted octanol–water partition coefficient (Wildman–Crippen LogP) is 2.35. The van der Waals surface area contributed by atoms with E-state index < -0.39 is 0 Å². The van der Waals surface area contributed by atoms with E-state index >= 15 is 0 Å². The van der Waals surface area contributed by atoms with Crippen LogP contribution < -0.4 is 10.6 Å². The number of guanidine groups is 1. The van der Waals surface area contributed by atoms with Crippen molar-refractivity contribution in [2.45, 2.75) is 33.9 Å². The summed E-state index contributed by atoms with van der Waals surface area (Å²) in [6.07, 6.45) is 1.80. The minimum Gasteiger partial charge on any atom is -0.353 e. The van der Waals surface area contributed by atoms with Crippen molar-refractivity contribution in [2.24, 2.45) is 12.0 Å². The van der Waals surface area contributed by atoms with Crippen LogP contribution in [0.5, 0.6) is 0 Å². The molecule has 0 bridgehead atoms. The van der Waals surface area contributed by atoms with E-state index in [1.165, 1.54) is 0 Å². The molecule has 0 fully saturated rings. The van der Waals surface area contributed by atoms with E-state index in [9.17, 15) is 0 Å². The molecular weight excluding hydrogens is 364 g/mol. The van der Waals surface area contributed by atoms with Gasteiger partial charge in [0.15, 0.2) is 11.8 Å². The highest BCUT2D eigenvalue weighted by atomic mass is 15.3. The molecular formula is C21H28N8. The van der Waals surface area contributed by atoms with E-state index in [-0.39, 0.29) is 0 Å². The Labute approximate surface area is 171 Å². The Balaban J connectivity index is 1.79. The van der Waals surface area contributed by atoms with E-state index in [1.54, 1.807) is 6.08 Å². The third kappa shape index (κ3) is 4.90. The Hall–Kier alpha value is -3.42. The summed E-state index contributed by atoms with van der Waals surface area (Å²) < 4.78 is 3.92. The maximum Gasteiger partial charge on any atom is 0.192 e. The molecule has 0 aliphatic heterocycles. The number of hydrogen-bond donors (Lipinski definition) is 2. The highest BCUT2D eigenvalue weighted by Crippen LogP contribution is 2.17. The highest BCUT2D eigenvalue weighted by Gasteiger charge is 2.09. The number of rotatable bonds is 7. The van der Waals surface area contributed by atoms with Crippen LogP contribution in [0.2, 0.25) is 0 Å². The number of aliphatic imine (C=N–C) groups is 1. The fourth-order valence-corrected chi connectivity index (χ4v) is 3.00. The van der Waals surface area contributed by atoms with Crippen LogP contribution in [0.15, 0.2) is 48.0 Å². The first-order chi connectivity index (χ1) is 14.0. The van der Waals surface area contributed by atoms with Gasteiger partial charge in [-0.15, -0.1) is 16.8 Å². The third-order valence-corrected chi connectivity index (χ3v) is 4.65. The molecule has 1 aromatic carbocycles. The van der Waals surface area contributed by atoms with Crippen molar-refractivity contribution in [3.05, 3.63) is 71.6 Å². The summed E-state index contributed by atoms with van der Waals surface area (Å²) >= 11 is 0. The van der Waals surface area contributed by atoms with Crippen LogP contribution in [0.25, 0.3) is 5.69 Å². The average molecular weight is 393 g/mol. The topological polar surface area (TPSA) is 84.9 Å². The molecule has 0 spiro atoms. The molecule has 2 heterocycles. The zero-order valence-corrected chi connectivity index (χ0v) is 17.5. The number of nitrogens with zero attached hydrogens (tertiary/aromatic N) is 6. The molecule has 2 aromatic heterocycles. The lowest BCUT2D eigenvalue weighted by molar-refractivity contribution is 0.721. The number of para-hydroxylation sites is 1. The molecule has 2 N–H and O–H groups in total. The van der Waals surface area contributed by atoms with E-state index in [2.05, 4.69) is 57.6 Å². The molecule has 152 valence electrons. The molecule has 0 unspecified atom stereocenters. The largest absolute Gasteiger partial charge is 0.353 e. The summed E-state index contributed by atoms with van der Waals surface area (Å²) in [6.45, 7) is 11.4. The predicted molar refractivity (Wildman–Crippen MR) is 115 cm³/mol. The Morgan fingerprint density at radius 1 is 1.17 bits per heavy atom. The summed E-state index contributed by atoms with van der Waals surface area (Å²) in [5.41, 5.74) is 4.22. The highest BCUT2D eigenvalue weighted by molar-refractivity contribution is 5.79. The number of benzene rings is 1. The molecule has 3 aromatic rings. The van der Waals surface area contributed by atoms with Gasteiger partial charge < -0.3 is 15.2 Å². The Kier molecular flexibility index (Phi) is 6.43. The van der Waals surface area contributed by atoms with Crippen molar-refractivity contribution >= 4 is 5.96 Å². The van der Waals surface area contributed by atoms with Gasteiger partial charge in [0.2, 0.25) is 0 Å². The molecule has 0 atom stereocenters. The van der Waals surface area contributed by atoms with Crippen LogP contribution in [0.4, 0.5) is 0 Å². The normalized spacial score (nSPS) is 11.5. The first-order valence-corrected chi connectivity index (χ1v) is 9.59. The smallest absolute Gasteiger partial charge is 0.192 e. The number of hydrogen-bond acceptors (Lipinski definition) is 4. The second-order valence-electron chi connectivity index (χ2n) is 6.88. The first-order valence-electron chi connectivity index (χ1n) is 9.59. The van der Waals surface area contributed by atoms with Gasteiger partial charge >= 0.3 is 0 Å². The first kappa shape index (κ1) is 20.3. The molecule has 3 rings (SSSR count). The van der Waals surface area contributed by atoms with Crippen molar-refractivity contribution in [3.8, 4) is 5.69 Å². The quantitative estimate of drug-likeness (QED) is 0.366. The fraction of sp³-hybridized carbons (Fsp3) is 0.333. The molecule has 8 heteroatoms. The SMILES string of the molecule is C=CCNC(=NCc1ccccc1-n1nc(C)cc1C)NCc1nnc(C)n1C. The van der Waals surface area contributed by atoms with E-state index in [4.69, 9.17) is 4.99 Å². The van der Waals surface area contributed by atoms with Gasteiger partial charge in [0, 0.05) is 19.3 Å². The summed E-state index contributed by atoms with van der Waals surface area (Å²) in [6, 6.07) is 10.3. The van der Waals surface area contributed by atoms with Gasteiger partial charge in [0.1, 0.15) is 5.82 Å². The molecule has 0 saturated carbocycles. The van der Waals surface area contributed by atoms with Gasteiger partial charge in [0.05, 0.1) is 24.5 Å². The lowest BCUT2D eigenvalue weighted by Crippen LogP contribution is -2.37. The van der Waals surface area contributed by atoms with Gasteiger partial charge in [0.25, 0.3) is 0 Å². The van der Waals surface area contributed by atoms with Crippen LogP contribution >= 0.6 is 0 Å². The van der Waals surface area contributed by atoms with Crippen molar-refractivity contribution < 1.29 is 0 Å². The lowest BCUT2D eigenvalue weighted by atomic mass is 10.2. The van der Waals surface area contributed by atoms with Crippen molar-refractivity contribution in [1.29, 1.82) is 0 Å². The summed E-state index contributed by atoms with van der Waals surface area (Å²) in [5, 5.41) is 19.5. The standard InChI is InChI=1S/C21H28N8/c1-6-11-22-21(24-14-20-26-25-17(4)28(20)5)23-13-18-9-7-8-10-19(18)29-16(3)12-15(2)27-29/h6-10,12H,1,11,13-14H2,2-5H3,(H2,22,23,24). The van der Waals surface area contributed by atoms with Crippen LogP contribution in [0, 0.1) is 20.8 Å². The van der Waals surface area contributed by atoms with E-state index in [1.807, 2.05) is 42.3 Å². The summed E-state index contributed by atoms with van der Waals surface area (Å²) in [4.78, 5) is 4.75. The molecule has 0 aliphatic carbocycles. The summed E-state index contributed by atoms with van der Waals surface area (Å²) in [7, 11) is 1.95. The van der Waals surface area contributed by atoms with Crippen molar-refractivity contribution in [2.75, 3.05) is 6.54 Å². The Morgan fingerprint density at radius 2 is 1.97 bits per heavy atom. The van der Waals surface area contributed by atoms with Gasteiger partial charge in [-0.05, 0) is 38.5 Å². The fourth-order valence-electron chi connectivity index (χ4n) is 3.00. The molecule has 0 amide bonds. The van der Waals surface area contributed by atoms with E-state index in [0.29, 0.717) is 25.6 Å².